The van der Waals surface area contributed by atoms with Gasteiger partial charge in [-0.2, -0.15) is 0 Å². The molecule has 0 aliphatic carbocycles. The van der Waals surface area contributed by atoms with Crippen LogP contribution in [-0.2, 0) is 27.4 Å². The fourth-order valence-corrected chi connectivity index (χ4v) is 2.17. The molecule has 0 aromatic heterocycles. The van der Waals surface area contributed by atoms with Crippen molar-refractivity contribution in [3.8, 4) is 0 Å². The van der Waals surface area contributed by atoms with Gasteiger partial charge >= 0.3 is 0 Å². The Morgan fingerprint density at radius 3 is 2.35 bits per heavy atom. The maximum atomic E-state index is 5.62. The van der Waals surface area contributed by atoms with Crippen LogP contribution in [0.1, 0.15) is 31.9 Å². The smallest absolute Gasteiger partial charge is 0.191 e. The van der Waals surface area contributed by atoms with Gasteiger partial charge in [0.05, 0.1) is 33.0 Å². The van der Waals surface area contributed by atoms with Crippen LogP contribution < -0.4 is 10.6 Å². The van der Waals surface area contributed by atoms with E-state index in [9.17, 15) is 0 Å². The van der Waals surface area contributed by atoms with E-state index in [-0.39, 0.29) is 24.0 Å². The average Bonchev–Trinajstić information content (AvgIpc) is 2.63. The van der Waals surface area contributed by atoms with E-state index in [0.29, 0.717) is 33.0 Å². The van der Waals surface area contributed by atoms with Crippen LogP contribution in [0, 0.1) is 0 Å². The van der Waals surface area contributed by atoms with Gasteiger partial charge in [-0.25, -0.2) is 4.99 Å². The number of aliphatic imine (C=N–C) groups is 1. The summed E-state index contributed by atoms with van der Waals surface area (Å²) in [6, 6.07) is 8.33. The molecule has 1 aromatic rings. The fraction of sp³-hybridized carbons (Fsp3) is 0.632. The molecule has 0 heterocycles. The van der Waals surface area contributed by atoms with E-state index in [2.05, 4.69) is 40.7 Å². The predicted molar refractivity (Wildman–Crippen MR) is 117 cm³/mol. The van der Waals surface area contributed by atoms with Gasteiger partial charge in [-0.05, 0) is 31.9 Å². The van der Waals surface area contributed by atoms with Crippen molar-refractivity contribution in [1.29, 1.82) is 0 Å². The van der Waals surface area contributed by atoms with Crippen LogP contribution in [0.5, 0.6) is 0 Å². The van der Waals surface area contributed by atoms with Gasteiger partial charge in [0.15, 0.2) is 5.96 Å². The van der Waals surface area contributed by atoms with E-state index in [1.54, 1.807) is 0 Å². The molecule has 0 saturated heterocycles. The molecule has 6 nitrogen and oxygen atoms in total. The number of hydrogen-bond donors (Lipinski definition) is 2. The van der Waals surface area contributed by atoms with Crippen LogP contribution in [0.25, 0.3) is 0 Å². The van der Waals surface area contributed by atoms with Crippen molar-refractivity contribution in [3.63, 3.8) is 0 Å². The molecule has 2 N–H and O–H groups in total. The number of hydrogen-bond acceptors (Lipinski definition) is 4. The highest BCUT2D eigenvalue weighted by molar-refractivity contribution is 14.0. The van der Waals surface area contributed by atoms with Crippen molar-refractivity contribution in [2.24, 2.45) is 4.99 Å². The zero-order valence-corrected chi connectivity index (χ0v) is 18.6. The van der Waals surface area contributed by atoms with E-state index < -0.39 is 0 Å². The minimum absolute atomic E-state index is 0. The molecule has 0 fully saturated rings. The highest BCUT2D eigenvalue weighted by Crippen LogP contribution is 2.08. The Labute approximate surface area is 175 Å². The molecule has 0 aliphatic heterocycles. The zero-order chi connectivity index (χ0) is 18.2. The summed E-state index contributed by atoms with van der Waals surface area (Å²) in [7, 11) is 0. The summed E-state index contributed by atoms with van der Waals surface area (Å²) in [6.07, 6.45) is 0. The Morgan fingerprint density at radius 2 is 1.62 bits per heavy atom. The molecule has 0 aliphatic rings. The van der Waals surface area contributed by atoms with Gasteiger partial charge < -0.3 is 24.8 Å². The van der Waals surface area contributed by atoms with Gasteiger partial charge in [0.1, 0.15) is 0 Å². The van der Waals surface area contributed by atoms with E-state index in [0.717, 1.165) is 43.4 Å². The number of nitrogens with one attached hydrogen (secondary N) is 2. The third kappa shape index (κ3) is 12.5. The third-order valence-corrected chi connectivity index (χ3v) is 3.34. The number of guanidine groups is 1. The van der Waals surface area contributed by atoms with Crippen LogP contribution in [0.4, 0.5) is 0 Å². The first kappa shape index (κ1) is 25.1. The van der Waals surface area contributed by atoms with E-state index in [1.165, 1.54) is 0 Å². The van der Waals surface area contributed by atoms with Crippen molar-refractivity contribution < 1.29 is 14.2 Å². The van der Waals surface area contributed by atoms with E-state index >= 15 is 0 Å². The summed E-state index contributed by atoms with van der Waals surface area (Å²) in [5.41, 5.74) is 2.31. The average molecular weight is 479 g/mol. The number of rotatable bonds is 13. The topological polar surface area (TPSA) is 64.1 Å². The van der Waals surface area contributed by atoms with Crippen molar-refractivity contribution >= 4 is 29.9 Å². The summed E-state index contributed by atoms with van der Waals surface area (Å²) >= 11 is 0. The summed E-state index contributed by atoms with van der Waals surface area (Å²) in [6.45, 7) is 12.2. The number of ether oxygens (including phenoxy) is 3. The van der Waals surface area contributed by atoms with Gasteiger partial charge in [0.2, 0.25) is 0 Å². The molecule has 0 atom stereocenters. The van der Waals surface area contributed by atoms with Gasteiger partial charge in [0.25, 0.3) is 0 Å². The molecular weight excluding hydrogens is 445 g/mol. The fourth-order valence-electron chi connectivity index (χ4n) is 2.17. The normalized spacial score (nSPS) is 11.1. The number of halogens is 1. The molecule has 0 radical (unpaired) electrons. The molecule has 0 saturated carbocycles. The van der Waals surface area contributed by atoms with Crippen molar-refractivity contribution in [1.82, 2.24) is 10.6 Å². The van der Waals surface area contributed by atoms with E-state index in [1.807, 2.05) is 19.9 Å². The molecule has 0 bridgehead atoms. The summed E-state index contributed by atoms with van der Waals surface area (Å²) in [5, 5.41) is 6.51. The maximum absolute atomic E-state index is 5.62. The largest absolute Gasteiger partial charge is 0.380 e. The summed E-state index contributed by atoms with van der Waals surface area (Å²) in [5.74, 6) is 0.806. The third-order valence-electron chi connectivity index (χ3n) is 3.34. The van der Waals surface area contributed by atoms with Gasteiger partial charge in [-0.15, -0.1) is 24.0 Å². The van der Waals surface area contributed by atoms with E-state index in [4.69, 9.17) is 14.2 Å². The first-order valence-electron chi connectivity index (χ1n) is 9.13. The zero-order valence-electron chi connectivity index (χ0n) is 16.3. The van der Waals surface area contributed by atoms with Crippen LogP contribution >= 0.6 is 24.0 Å². The lowest BCUT2D eigenvalue weighted by atomic mass is 10.1. The first-order chi connectivity index (χ1) is 12.3. The van der Waals surface area contributed by atoms with Crippen LogP contribution in [0.2, 0.25) is 0 Å². The molecule has 0 amide bonds. The monoisotopic (exact) mass is 479 g/mol. The predicted octanol–water partition coefficient (Wildman–Crippen LogP) is 2.95. The minimum Gasteiger partial charge on any atom is -0.380 e. The molecule has 0 unspecified atom stereocenters. The highest BCUT2D eigenvalue weighted by atomic mass is 127. The Balaban J connectivity index is 0.00000625. The van der Waals surface area contributed by atoms with Crippen molar-refractivity contribution in [3.05, 3.63) is 35.4 Å². The minimum atomic E-state index is 0. The van der Waals surface area contributed by atoms with Gasteiger partial charge in [-0.3, -0.25) is 0 Å². The Morgan fingerprint density at radius 1 is 0.923 bits per heavy atom. The first-order valence-corrected chi connectivity index (χ1v) is 9.13. The van der Waals surface area contributed by atoms with Crippen molar-refractivity contribution in [2.45, 2.75) is 33.9 Å². The second-order valence-electron chi connectivity index (χ2n) is 5.39. The Bertz CT molecular complexity index is 487. The lowest BCUT2D eigenvalue weighted by Crippen LogP contribution is -2.39. The molecule has 150 valence electrons. The van der Waals surface area contributed by atoms with Crippen LogP contribution in [0.15, 0.2) is 29.3 Å². The van der Waals surface area contributed by atoms with Crippen molar-refractivity contribution in [2.75, 3.05) is 46.1 Å². The maximum Gasteiger partial charge on any atom is 0.191 e. The number of benzene rings is 1. The number of nitrogens with zero attached hydrogens (tertiary/aromatic N) is 1. The second kappa shape index (κ2) is 17.5. The molecule has 1 aromatic carbocycles. The summed E-state index contributed by atoms with van der Waals surface area (Å²) in [4.78, 5) is 4.62. The van der Waals surface area contributed by atoms with Crippen LogP contribution in [0.3, 0.4) is 0 Å². The lowest BCUT2D eigenvalue weighted by molar-refractivity contribution is 0.0453. The van der Waals surface area contributed by atoms with Crippen LogP contribution in [-0.4, -0.2) is 52.1 Å². The Hall–Kier alpha value is -0.900. The van der Waals surface area contributed by atoms with Gasteiger partial charge in [0, 0.05) is 26.3 Å². The lowest BCUT2D eigenvalue weighted by Gasteiger charge is -2.11. The quantitative estimate of drug-likeness (QED) is 0.197. The van der Waals surface area contributed by atoms with Gasteiger partial charge in [-0.1, -0.05) is 24.3 Å². The summed E-state index contributed by atoms with van der Waals surface area (Å²) < 4.78 is 16.2. The second-order valence-corrected chi connectivity index (χ2v) is 5.39. The molecular formula is C19H34IN3O3. The Kier molecular flexibility index (Phi) is 16.9. The standard InChI is InChI=1S/C19H33N3O3.HI/c1-4-20-19(21-10-11-23-5-2)22-15-17-8-7-9-18(14-17)16-25-13-12-24-6-3;/h7-9,14H,4-6,10-13,15-16H2,1-3H3,(H2,20,21,22);1H. The molecule has 26 heavy (non-hydrogen) atoms. The molecule has 0 spiro atoms. The SMILES string of the molecule is CCNC(=NCc1cccc(COCCOCC)c1)NCCOCC.I. The molecule has 7 heteroatoms. The highest BCUT2D eigenvalue weighted by Gasteiger charge is 1.99. The molecule has 1 rings (SSSR count).